The molecule has 13 heteroatoms. The zero-order valence-corrected chi connectivity index (χ0v) is 24.7. The third-order valence-corrected chi connectivity index (χ3v) is 9.01. The molecule has 0 unspecified atom stereocenters. The van der Waals surface area contributed by atoms with Gasteiger partial charge in [-0.25, -0.2) is 18.5 Å². The number of benzene rings is 2. The highest BCUT2D eigenvalue weighted by atomic mass is 32.2. The van der Waals surface area contributed by atoms with E-state index < -0.39 is 10.0 Å². The molecular weight excluding hydrogens is 583 g/mol. The third kappa shape index (κ3) is 8.98. The number of nitrogens with two attached hydrogens (primary N) is 1. The number of primary sulfonamides is 1. The van der Waals surface area contributed by atoms with E-state index in [0.29, 0.717) is 47.8 Å². The van der Waals surface area contributed by atoms with Gasteiger partial charge in [0.1, 0.15) is 4.70 Å². The molecule has 41 heavy (non-hydrogen) atoms. The van der Waals surface area contributed by atoms with E-state index in [1.807, 2.05) is 30.3 Å². The van der Waals surface area contributed by atoms with Crippen LogP contribution in [0, 0.1) is 0 Å². The van der Waals surface area contributed by atoms with Crippen LogP contribution in [0.1, 0.15) is 24.0 Å². The first-order chi connectivity index (χ1) is 19.7. The van der Waals surface area contributed by atoms with Crippen molar-refractivity contribution in [3.63, 3.8) is 0 Å². The van der Waals surface area contributed by atoms with Crippen LogP contribution in [0.25, 0.3) is 10.2 Å². The Balaban J connectivity index is 1.27. The van der Waals surface area contributed by atoms with Crippen molar-refractivity contribution in [3.05, 3.63) is 87.5 Å². The van der Waals surface area contributed by atoms with Crippen LogP contribution in [0.4, 0.5) is 0 Å². The summed E-state index contributed by atoms with van der Waals surface area (Å²) in [5.74, 6) is -0.237. The molecule has 216 valence electrons. The van der Waals surface area contributed by atoms with Crippen LogP contribution in [-0.2, 0) is 39.0 Å². The van der Waals surface area contributed by atoms with E-state index in [2.05, 4.69) is 15.6 Å². The monoisotopic (exact) mass is 613 g/mol. The van der Waals surface area contributed by atoms with Gasteiger partial charge >= 0.3 is 0 Å². The lowest BCUT2D eigenvalue weighted by atomic mass is 10.1. The van der Waals surface area contributed by atoms with E-state index in [-0.39, 0.29) is 34.4 Å². The zero-order chi connectivity index (χ0) is 29.2. The maximum absolute atomic E-state index is 13.1. The number of carbonyl (C=O) groups excluding carboxylic acids is 2. The molecule has 0 bridgehead atoms. The number of carbonyl (C=O) groups is 2. The molecule has 0 aliphatic rings. The third-order valence-electron chi connectivity index (χ3n) is 6.22. The fourth-order valence-corrected chi connectivity index (χ4v) is 6.23. The van der Waals surface area contributed by atoms with Gasteiger partial charge in [0.2, 0.25) is 21.8 Å². The first-order valence-corrected chi connectivity index (χ1v) is 16.4. The zero-order valence-electron chi connectivity index (χ0n) is 22.2. The molecule has 0 aliphatic heterocycles. The first kappa shape index (κ1) is 30.4. The number of sulfonamides is 1. The summed E-state index contributed by atoms with van der Waals surface area (Å²) in [6.45, 7) is 1.21. The smallest absolute Gasteiger partial charge is 0.272 e. The minimum Gasteiger partial charge on any atom is -0.356 e. The fourth-order valence-electron chi connectivity index (χ4n) is 4.08. The van der Waals surface area contributed by atoms with Gasteiger partial charge in [0.05, 0.1) is 16.2 Å². The second kappa shape index (κ2) is 14.4. The van der Waals surface area contributed by atoms with Crippen molar-refractivity contribution in [2.75, 3.05) is 18.8 Å². The minimum atomic E-state index is -3.75. The molecule has 10 nitrogen and oxygen atoms in total. The molecule has 4 rings (SSSR count). The average Bonchev–Trinajstić information content (AvgIpc) is 3.43. The highest BCUT2D eigenvalue weighted by Gasteiger charge is 2.15. The molecule has 2 aromatic heterocycles. The van der Waals surface area contributed by atoms with E-state index in [0.717, 1.165) is 17.5 Å². The maximum atomic E-state index is 13.1. The van der Waals surface area contributed by atoms with Crippen molar-refractivity contribution in [2.45, 2.75) is 42.3 Å². The summed E-state index contributed by atoms with van der Waals surface area (Å²) in [4.78, 5) is 42.6. The van der Waals surface area contributed by atoms with Gasteiger partial charge in [-0.1, -0.05) is 54.2 Å². The maximum Gasteiger partial charge on any atom is 0.272 e. The van der Waals surface area contributed by atoms with Crippen LogP contribution in [-0.4, -0.2) is 48.6 Å². The number of nitrogens with zero attached hydrogens (tertiary/aromatic N) is 2. The molecule has 4 N–H and O–H groups in total. The topological polar surface area (TPSA) is 153 Å². The quantitative estimate of drug-likeness (QED) is 0.146. The summed E-state index contributed by atoms with van der Waals surface area (Å²) in [5, 5.41) is 13.1. The van der Waals surface area contributed by atoms with Gasteiger partial charge in [0, 0.05) is 26.1 Å². The molecule has 0 saturated carbocycles. The Morgan fingerprint density at radius 3 is 2.27 bits per heavy atom. The van der Waals surface area contributed by atoms with Gasteiger partial charge in [-0.2, -0.15) is 0 Å². The van der Waals surface area contributed by atoms with Crippen molar-refractivity contribution < 1.29 is 18.0 Å². The number of fused-ring (bicyclic) bond motifs is 1. The van der Waals surface area contributed by atoms with Crippen molar-refractivity contribution in [1.29, 1.82) is 0 Å². The molecular formula is C28H31N5O5S3. The van der Waals surface area contributed by atoms with E-state index >= 15 is 0 Å². The Morgan fingerprint density at radius 2 is 1.59 bits per heavy atom. The van der Waals surface area contributed by atoms with Crippen molar-refractivity contribution in [2.24, 2.45) is 5.14 Å². The van der Waals surface area contributed by atoms with Crippen LogP contribution in [0.2, 0.25) is 0 Å². The molecule has 0 aliphatic carbocycles. The van der Waals surface area contributed by atoms with Crippen molar-refractivity contribution in [1.82, 2.24) is 20.2 Å². The van der Waals surface area contributed by atoms with Crippen LogP contribution in [0.5, 0.6) is 0 Å². The molecule has 4 aromatic rings. The normalized spacial score (nSPS) is 11.4. The van der Waals surface area contributed by atoms with E-state index in [9.17, 15) is 22.8 Å². The lowest BCUT2D eigenvalue weighted by Gasteiger charge is -2.12. The molecule has 2 heterocycles. The number of rotatable bonds is 14. The summed E-state index contributed by atoms with van der Waals surface area (Å²) in [5.41, 5.74) is 2.41. The van der Waals surface area contributed by atoms with Crippen LogP contribution < -0.4 is 21.3 Å². The lowest BCUT2D eigenvalue weighted by Crippen LogP contribution is -2.29. The number of nitrogens with one attached hydrogen (secondary N) is 2. The van der Waals surface area contributed by atoms with E-state index in [1.54, 1.807) is 28.1 Å². The van der Waals surface area contributed by atoms with Gasteiger partial charge in [-0.15, -0.1) is 11.3 Å². The Bertz CT molecular complexity index is 1650. The van der Waals surface area contributed by atoms with E-state index in [4.69, 9.17) is 5.14 Å². The molecule has 0 fully saturated rings. The standard InChI is InChI=1S/C28H31N5O5S3/c29-41(37,38)22-10-8-21(9-11-22)13-16-31-25(35)19-40-28-32-23-14-18-39-26(23)27(36)33(28)17-4-7-24(34)30-15-12-20-5-2-1-3-6-20/h1-3,5-6,8-11,14,18H,4,7,12-13,15-17,19H2,(H,30,34)(H,31,35)(H2,29,37,38). The molecule has 2 aromatic carbocycles. The van der Waals surface area contributed by atoms with Crippen LogP contribution in [0.15, 0.2) is 80.9 Å². The summed E-state index contributed by atoms with van der Waals surface area (Å²) in [7, 11) is -3.75. The predicted molar refractivity (Wildman–Crippen MR) is 162 cm³/mol. The SMILES string of the molecule is NS(=O)(=O)c1ccc(CCNC(=O)CSc2nc3ccsc3c(=O)n2CCCC(=O)NCCc2ccccc2)cc1. The Labute approximate surface area is 246 Å². The van der Waals surface area contributed by atoms with Crippen LogP contribution >= 0.6 is 23.1 Å². The molecule has 0 radical (unpaired) electrons. The highest BCUT2D eigenvalue weighted by Crippen LogP contribution is 2.21. The number of thioether (sulfide) groups is 1. The lowest BCUT2D eigenvalue weighted by molar-refractivity contribution is -0.121. The van der Waals surface area contributed by atoms with Gasteiger partial charge < -0.3 is 10.6 Å². The number of hydrogen-bond acceptors (Lipinski definition) is 8. The summed E-state index contributed by atoms with van der Waals surface area (Å²) in [6, 6.07) is 17.9. The number of hydrogen-bond donors (Lipinski definition) is 3. The highest BCUT2D eigenvalue weighted by molar-refractivity contribution is 7.99. The van der Waals surface area contributed by atoms with Gasteiger partial charge in [-0.3, -0.25) is 19.0 Å². The van der Waals surface area contributed by atoms with Gasteiger partial charge in [0.25, 0.3) is 5.56 Å². The van der Waals surface area contributed by atoms with Crippen LogP contribution in [0.3, 0.4) is 0 Å². The molecule has 0 atom stereocenters. The Hall–Kier alpha value is -3.52. The van der Waals surface area contributed by atoms with Crippen molar-refractivity contribution >= 4 is 55.2 Å². The second-order valence-corrected chi connectivity index (χ2v) is 12.7. The Morgan fingerprint density at radius 1 is 0.927 bits per heavy atom. The van der Waals surface area contributed by atoms with Crippen molar-refractivity contribution in [3.8, 4) is 0 Å². The molecule has 0 saturated heterocycles. The number of thiophene rings is 1. The predicted octanol–water partition coefficient (Wildman–Crippen LogP) is 2.70. The summed E-state index contributed by atoms with van der Waals surface area (Å²) < 4.78 is 24.9. The number of amides is 2. The van der Waals surface area contributed by atoms with Gasteiger partial charge in [0.15, 0.2) is 5.16 Å². The summed E-state index contributed by atoms with van der Waals surface area (Å²) >= 11 is 2.49. The summed E-state index contributed by atoms with van der Waals surface area (Å²) in [6.07, 6.45) is 1.99. The molecule has 0 spiro atoms. The molecule has 2 amide bonds. The Kier molecular flexibility index (Phi) is 10.7. The van der Waals surface area contributed by atoms with E-state index in [1.165, 1.54) is 35.2 Å². The fraction of sp³-hybridized carbons (Fsp3) is 0.286. The van der Waals surface area contributed by atoms with Gasteiger partial charge in [-0.05, 0) is 54.0 Å². The first-order valence-electron chi connectivity index (χ1n) is 13.0. The largest absolute Gasteiger partial charge is 0.356 e. The second-order valence-electron chi connectivity index (χ2n) is 9.25. The number of aromatic nitrogens is 2. The minimum absolute atomic E-state index is 0.0338. The average molecular weight is 614 g/mol.